The molecular weight excluding hydrogens is 312 g/mol. The molecule has 25 heavy (non-hydrogen) atoms. The Morgan fingerprint density at radius 2 is 1.96 bits per heavy atom. The average Bonchev–Trinajstić information content (AvgIpc) is 2.93. The molecule has 4 aliphatic rings. The minimum atomic E-state index is -0.509. The number of hydrogen-bond donors (Lipinski definition) is 2. The molecule has 4 aliphatic carbocycles. The number of fused-ring (bicyclic) bond motifs is 5. The number of rotatable bonds is 2. The van der Waals surface area contributed by atoms with Gasteiger partial charge in [0.1, 0.15) is 0 Å². The smallest absolute Gasteiger partial charge is 0.158 e. The fourth-order valence-electron chi connectivity index (χ4n) is 7.71. The Hall–Kier alpha value is -0.670. The topological polar surface area (TPSA) is 57.5 Å². The average molecular weight is 347 g/mol. The first-order valence-corrected chi connectivity index (χ1v) is 10.3. The molecule has 0 aromatic carbocycles. The van der Waals surface area contributed by atoms with Gasteiger partial charge in [0.15, 0.2) is 5.78 Å². The number of ketones is 1. The van der Waals surface area contributed by atoms with Crippen molar-refractivity contribution in [1.29, 1.82) is 0 Å². The van der Waals surface area contributed by atoms with Gasteiger partial charge in [-0.1, -0.05) is 26.3 Å². The van der Waals surface area contributed by atoms with E-state index in [0.29, 0.717) is 48.0 Å². The van der Waals surface area contributed by atoms with Gasteiger partial charge in [0.2, 0.25) is 0 Å². The van der Waals surface area contributed by atoms with Crippen molar-refractivity contribution in [1.82, 2.24) is 0 Å². The maximum atomic E-state index is 12.0. The molecule has 3 nitrogen and oxygen atoms in total. The molecule has 0 heterocycles. The summed E-state index contributed by atoms with van der Waals surface area (Å²) in [6.07, 6.45) is 8.69. The molecule has 4 rings (SSSR count). The van der Waals surface area contributed by atoms with E-state index in [1.807, 2.05) is 6.08 Å². The Bertz CT molecular complexity index is 596. The number of aliphatic hydroxyl groups excluding tert-OH is 2. The van der Waals surface area contributed by atoms with E-state index in [0.717, 1.165) is 12.8 Å². The number of hydrogen-bond acceptors (Lipinski definition) is 3. The summed E-state index contributed by atoms with van der Waals surface area (Å²) in [4.78, 5) is 12.0. The molecule has 3 fully saturated rings. The molecule has 3 saturated carbocycles. The first kappa shape index (κ1) is 17.7. The highest BCUT2D eigenvalue weighted by Gasteiger charge is 2.61. The summed E-state index contributed by atoms with van der Waals surface area (Å²) >= 11 is 0. The van der Waals surface area contributed by atoms with Crippen molar-refractivity contribution in [3.05, 3.63) is 11.6 Å². The van der Waals surface area contributed by atoms with Gasteiger partial charge in [-0.05, 0) is 79.6 Å². The standard InChI is InChI=1S/C22H34O3/c1-13(12-23)17-6-7-18-16-5-4-14-10-15(24)11-20(25)22(14,3)19(16)8-9-21(17,18)2/h10,13,16-20,23,25H,4-9,11-12H2,1-3H3/t13?,16-,17+,18-,19-,20?,21+,22-/m0/s1. The van der Waals surface area contributed by atoms with Crippen molar-refractivity contribution < 1.29 is 15.0 Å². The lowest BCUT2D eigenvalue weighted by Crippen LogP contribution is -2.55. The van der Waals surface area contributed by atoms with Crippen LogP contribution < -0.4 is 0 Å². The second-order valence-electron chi connectivity index (χ2n) is 9.94. The van der Waals surface area contributed by atoms with Crippen LogP contribution in [0, 0.1) is 40.4 Å². The SMILES string of the molecule is CC(CO)[C@H]1CC[C@H]2[C@@H]3CCC4=CC(=O)CC(O)[C@]4(C)[C@H]3CC[C@]12C. The van der Waals surface area contributed by atoms with Gasteiger partial charge < -0.3 is 10.2 Å². The molecule has 0 amide bonds. The number of carbonyl (C=O) groups is 1. The van der Waals surface area contributed by atoms with Crippen LogP contribution in [0.2, 0.25) is 0 Å². The third-order valence-electron chi connectivity index (χ3n) is 9.12. The fraction of sp³-hybridized carbons (Fsp3) is 0.864. The minimum Gasteiger partial charge on any atom is -0.396 e. The van der Waals surface area contributed by atoms with Crippen molar-refractivity contribution in [3.63, 3.8) is 0 Å². The molecule has 0 saturated heterocycles. The summed E-state index contributed by atoms with van der Waals surface area (Å²) in [5.74, 6) is 3.02. The Morgan fingerprint density at radius 3 is 2.68 bits per heavy atom. The highest BCUT2D eigenvalue weighted by atomic mass is 16.3. The molecule has 2 unspecified atom stereocenters. The summed E-state index contributed by atoms with van der Waals surface area (Å²) in [6.45, 7) is 7.22. The lowest BCUT2D eigenvalue weighted by atomic mass is 9.46. The fourth-order valence-corrected chi connectivity index (χ4v) is 7.71. The van der Waals surface area contributed by atoms with Gasteiger partial charge in [-0.15, -0.1) is 0 Å². The Balaban J connectivity index is 1.66. The zero-order chi connectivity index (χ0) is 18.0. The maximum Gasteiger partial charge on any atom is 0.158 e. The van der Waals surface area contributed by atoms with E-state index >= 15 is 0 Å². The van der Waals surface area contributed by atoms with Crippen molar-refractivity contribution >= 4 is 5.78 Å². The zero-order valence-corrected chi connectivity index (χ0v) is 16.0. The lowest BCUT2D eigenvalue weighted by Gasteiger charge is -2.59. The van der Waals surface area contributed by atoms with E-state index in [2.05, 4.69) is 20.8 Å². The largest absolute Gasteiger partial charge is 0.396 e. The molecule has 3 heteroatoms. The van der Waals surface area contributed by atoms with Crippen LogP contribution in [0.25, 0.3) is 0 Å². The van der Waals surface area contributed by atoms with E-state index in [4.69, 9.17) is 0 Å². The van der Waals surface area contributed by atoms with Gasteiger partial charge in [0.25, 0.3) is 0 Å². The third kappa shape index (κ3) is 2.34. The Kier molecular flexibility index (Phi) is 4.20. The predicted molar refractivity (Wildman–Crippen MR) is 97.8 cm³/mol. The first-order valence-electron chi connectivity index (χ1n) is 10.3. The summed E-state index contributed by atoms with van der Waals surface area (Å²) in [5, 5.41) is 20.6. The summed E-state index contributed by atoms with van der Waals surface area (Å²) in [6, 6.07) is 0. The molecule has 140 valence electrons. The van der Waals surface area contributed by atoms with Crippen molar-refractivity contribution in [2.75, 3.05) is 6.61 Å². The molecule has 8 atom stereocenters. The highest BCUT2D eigenvalue weighted by Crippen LogP contribution is 2.67. The first-order chi connectivity index (χ1) is 11.8. The van der Waals surface area contributed by atoms with E-state index in [-0.39, 0.29) is 11.2 Å². The molecule has 0 aromatic heterocycles. The van der Waals surface area contributed by atoms with Crippen LogP contribution in [-0.2, 0) is 4.79 Å². The van der Waals surface area contributed by atoms with Crippen LogP contribution in [0.1, 0.15) is 65.7 Å². The third-order valence-corrected chi connectivity index (χ3v) is 9.12. The zero-order valence-electron chi connectivity index (χ0n) is 16.0. The van der Waals surface area contributed by atoms with E-state index in [9.17, 15) is 15.0 Å². The molecule has 0 bridgehead atoms. The normalized spacial score (nSPS) is 50.5. The van der Waals surface area contributed by atoms with Crippen LogP contribution in [-0.4, -0.2) is 28.7 Å². The quantitative estimate of drug-likeness (QED) is 0.801. The van der Waals surface area contributed by atoms with Crippen LogP contribution in [0.3, 0.4) is 0 Å². The molecule has 2 N–H and O–H groups in total. The van der Waals surface area contributed by atoms with Crippen LogP contribution in [0.15, 0.2) is 11.6 Å². The van der Waals surface area contributed by atoms with Crippen LogP contribution >= 0.6 is 0 Å². The van der Waals surface area contributed by atoms with Crippen molar-refractivity contribution in [2.45, 2.75) is 71.8 Å². The van der Waals surface area contributed by atoms with E-state index < -0.39 is 6.10 Å². The van der Waals surface area contributed by atoms with Gasteiger partial charge in [0.05, 0.1) is 6.10 Å². The van der Waals surface area contributed by atoms with Crippen molar-refractivity contribution in [3.8, 4) is 0 Å². The van der Waals surface area contributed by atoms with Gasteiger partial charge >= 0.3 is 0 Å². The molecule has 0 aromatic rings. The second-order valence-corrected chi connectivity index (χ2v) is 9.94. The minimum absolute atomic E-state index is 0.108. The number of aliphatic hydroxyl groups is 2. The predicted octanol–water partition coefficient (Wildman–Crippen LogP) is 3.73. The number of carbonyl (C=O) groups excluding carboxylic acids is 1. The summed E-state index contributed by atoms with van der Waals surface area (Å²) in [5.41, 5.74) is 1.37. The Morgan fingerprint density at radius 1 is 1.20 bits per heavy atom. The van der Waals surface area contributed by atoms with Crippen molar-refractivity contribution in [2.24, 2.45) is 40.4 Å². The summed E-state index contributed by atoms with van der Waals surface area (Å²) in [7, 11) is 0. The molecule has 0 radical (unpaired) electrons. The van der Waals surface area contributed by atoms with Gasteiger partial charge in [0, 0.05) is 18.4 Å². The van der Waals surface area contributed by atoms with Gasteiger partial charge in [-0.2, -0.15) is 0 Å². The maximum absolute atomic E-state index is 12.0. The summed E-state index contributed by atoms with van der Waals surface area (Å²) < 4.78 is 0. The van der Waals surface area contributed by atoms with Crippen LogP contribution in [0.5, 0.6) is 0 Å². The Labute approximate surface area is 151 Å². The van der Waals surface area contributed by atoms with Gasteiger partial charge in [-0.25, -0.2) is 0 Å². The second kappa shape index (κ2) is 5.92. The van der Waals surface area contributed by atoms with E-state index in [1.54, 1.807) is 0 Å². The molecule has 0 aliphatic heterocycles. The lowest BCUT2D eigenvalue weighted by molar-refractivity contribution is -0.128. The monoisotopic (exact) mass is 346 g/mol. The van der Waals surface area contributed by atoms with E-state index in [1.165, 1.54) is 31.3 Å². The van der Waals surface area contributed by atoms with Gasteiger partial charge in [-0.3, -0.25) is 4.79 Å². The van der Waals surface area contributed by atoms with Crippen LogP contribution in [0.4, 0.5) is 0 Å². The highest BCUT2D eigenvalue weighted by molar-refractivity contribution is 5.92. The molecular formula is C22H34O3. The molecule has 0 spiro atoms.